The molecule has 0 aliphatic carbocycles. The van der Waals surface area contributed by atoms with E-state index in [1.165, 1.54) is 6.08 Å². The second-order valence-electron chi connectivity index (χ2n) is 5.99. The molecule has 0 saturated carbocycles. The van der Waals surface area contributed by atoms with Crippen molar-refractivity contribution in [2.75, 3.05) is 12.3 Å². The van der Waals surface area contributed by atoms with Gasteiger partial charge in [0.15, 0.2) is 0 Å². The lowest BCUT2D eigenvalue weighted by Gasteiger charge is -2.07. The number of esters is 1. The van der Waals surface area contributed by atoms with Crippen LogP contribution in [0.1, 0.15) is 28.5 Å². The summed E-state index contributed by atoms with van der Waals surface area (Å²) in [6.07, 6.45) is 1.50. The van der Waals surface area contributed by atoms with Gasteiger partial charge >= 0.3 is 5.97 Å². The third-order valence-corrected chi connectivity index (χ3v) is 4.60. The van der Waals surface area contributed by atoms with Gasteiger partial charge in [-0.2, -0.15) is 0 Å². The summed E-state index contributed by atoms with van der Waals surface area (Å²) in [5, 5.41) is 1.24. The Morgan fingerprint density at radius 1 is 1.21 bits per heavy atom. The van der Waals surface area contributed by atoms with Crippen LogP contribution in [-0.2, 0) is 9.53 Å². The molecule has 0 spiro atoms. The topological polar surface area (TPSA) is 111 Å². The van der Waals surface area contributed by atoms with Crippen LogP contribution in [0.15, 0.2) is 36.4 Å². The minimum atomic E-state index is -0.681. The van der Waals surface area contributed by atoms with E-state index in [-0.39, 0.29) is 17.9 Å². The van der Waals surface area contributed by atoms with E-state index in [4.69, 9.17) is 39.4 Å². The summed E-state index contributed by atoms with van der Waals surface area (Å²) in [5.74, 6) is -1.27. The number of H-pyrrole nitrogens is 1. The van der Waals surface area contributed by atoms with Crippen molar-refractivity contribution < 1.29 is 14.3 Å². The molecule has 6 nitrogen and oxygen atoms in total. The number of aromatic nitrogens is 1. The smallest absolute Gasteiger partial charge is 0.355 e. The number of hydrogen-bond donors (Lipinski definition) is 3. The molecule has 2 aromatic carbocycles. The average Bonchev–Trinajstić information content (AvgIpc) is 2.98. The van der Waals surface area contributed by atoms with Crippen LogP contribution in [0.3, 0.4) is 0 Å². The van der Waals surface area contributed by atoms with Crippen molar-refractivity contribution in [2.24, 2.45) is 5.73 Å². The Bertz CT molecular complexity index is 1120. The monoisotopic (exact) mass is 417 g/mol. The molecule has 144 valence electrons. The van der Waals surface area contributed by atoms with Gasteiger partial charge in [0.1, 0.15) is 5.69 Å². The number of nitrogen functional groups attached to an aromatic ring is 1. The number of ether oxygens (including phenoxy) is 1. The second-order valence-corrected chi connectivity index (χ2v) is 6.84. The molecular weight excluding hydrogens is 401 g/mol. The highest BCUT2D eigenvalue weighted by Gasteiger charge is 2.22. The Morgan fingerprint density at radius 2 is 1.96 bits per heavy atom. The fourth-order valence-electron chi connectivity index (χ4n) is 2.93. The van der Waals surface area contributed by atoms with Crippen molar-refractivity contribution in [3.05, 3.63) is 63.3 Å². The lowest BCUT2D eigenvalue weighted by atomic mass is 10.00. The number of nitrogens with two attached hydrogens (primary N) is 2. The van der Waals surface area contributed by atoms with Crippen LogP contribution in [0.4, 0.5) is 5.69 Å². The highest BCUT2D eigenvalue weighted by atomic mass is 35.5. The minimum absolute atomic E-state index is 0.142. The van der Waals surface area contributed by atoms with Gasteiger partial charge in [-0.1, -0.05) is 35.3 Å². The quantitative estimate of drug-likeness (QED) is 0.327. The number of primary amides is 1. The molecule has 28 heavy (non-hydrogen) atoms. The minimum Gasteiger partial charge on any atom is -0.461 e. The van der Waals surface area contributed by atoms with Crippen molar-refractivity contribution in [2.45, 2.75) is 6.92 Å². The predicted molar refractivity (Wildman–Crippen MR) is 112 cm³/mol. The zero-order chi connectivity index (χ0) is 20.4. The summed E-state index contributed by atoms with van der Waals surface area (Å²) >= 11 is 12.4. The summed E-state index contributed by atoms with van der Waals surface area (Å²) in [6.45, 7) is 1.88. The van der Waals surface area contributed by atoms with Gasteiger partial charge in [0.05, 0.1) is 11.6 Å². The van der Waals surface area contributed by atoms with Gasteiger partial charge in [-0.05, 0) is 42.8 Å². The molecule has 5 N–H and O–H groups in total. The van der Waals surface area contributed by atoms with Gasteiger partial charge in [-0.25, -0.2) is 4.79 Å². The zero-order valence-corrected chi connectivity index (χ0v) is 16.4. The molecule has 0 bridgehead atoms. The molecule has 0 fully saturated rings. The summed E-state index contributed by atoms with van der Waals surface area (Å²) in [7, 11) is 0. The highest BCUT2D eigenvalue weighted by molar-refractivity contribution is 6.39. The number of amides is 1. The molecule has 0 atom stereocenters. The van der Waals surface area contributed by atoms with E-state index in [9.17, 15) is 9.59 Å². The number of benzene rings is 2. The van der Waals surface area contributed by atoms with Gasteiger partial charge < -0.3 is 21.2 Å². The van der Waals surface area contributed by atoms with Gasteiger partial charge in [-0.3, -0.25) is 4.79 Å². The maximum absolute atomic E-state index is 12.5. The third kappa shape index (κ3) is 3.83. The van der Waals surface area contributed by atoms with Crippen LogP contribution in [0.2, 0.25) is 10.0 Å². The molecule has 1 amide bonds. The zero-order valence-electron chi connectivity index (χ0n) is 14.9. The van der Waals surface area contributed by atoms with E-state index in [1.54, 1.807) is 43.3 Å². The largest absolute Gasteiger partial charge is 0.461 e. The molecule has 1 aromatic heterocycles. The molecular formula is C20H17Cl2N3O3. The maximum Gasteiger partial charge on any atom is 0.355 e. The van der Waals surface area contributed by atoms with Crippen LogP contribution in [-0.4, -0.2) is 23.5 Å². The van der Waals surface area contributed by atoms with E-state index in [1.807, 2.05) is 0 Å². The molecule has 0 radical (unpaired) electrons. The molecule has 0 aliphatic heterocycles. The van der Waals surface area contributed by atoms with Crippen LogP contribution in [0.5, 0.6) is 0 Å². The first-order valence-electron chi connectivity index (χ1n) is 8.37. The fourth-order valence-corrected chi connectivity index (χ4v) is 3.52. The van der Waals surface area contributed by atoms with E-state index in [0.717, 1.165) is 0 Å². The molecule has 0 unspecified atom stereocenters. The van der Waals surface area contributed by atoms with Crippen LogP contribution < -0.4 is 11.5 Å². The van der Waals surface area contributed by atoms with Crippen molar-refractivity contribution in [1.29, 1.82) is 0 Å². The average molecular weight is 418 g/mol. The predicted octanol–water partition coefficient (Wildman–Crippen LogP) is 4.26. The number of anilines is 1. The molecule has 0 saturated heterocycles. The molecule has 3 aromatic rings. The number of carbonyl (C=O) groups is 2. The van der Waals surface area contributed by atoms with Crippen molar-refractivity contribution in [1.82, 2.24) is 4.98 Å². The molecule has 1 heterocycles. The third-order valence-electron chi connectivity index (χ3n) is 4.08. The van der Waals surface area contributed by atoms with Gasteiger partial charge in [0.25, 0.3) is 0 Å². The Labute approximate surface area is 171 Å². The number of rotatable bonds is 5. The molecule has 3 rings (SSSR count). The summed E-state index contributed by atoms with van der Waals surface area (Å²) in [4.78, 5) is 27.6. The number of aromatic amines is 1. The van der Waals surface area contributed by atoms with Crippen LogP contribution >= 0.6 is 23.2 Å². The van der Waals surface area contributed by atoms with E-state index in [2.05, 4.69) is 4.98 Å². The SMILES string of the molecule is CCOC(=O)c1[nH]c2cc(Cl)cc(Cl)c2c1/C=C(\C(N)=O)c1cccc(N)c1. The van der Waals surface area contributed by atoms with Gasteiger partial charge in [0.2, 0.25) is 5.91 Å². The van der Waals surface area contributed by atoms with Gasteiger partial charge in [0, 0.05) is 32.7 Å². The molecule has 0 aliphatic rings. The van der Waals surface area contributed by atoms with Crippen LogP contribution in [0, 0.1) is 0 Å². The summed E-state index contributed by atoms with van der Waals surface area (Å²) < 4.78 is 5.12. The summed E-state index contributed by atoms with van der Waals surface area (Å²) in [5.41, 5.74) is 13.6. The Hall–Kier alpha value is -2.96. The number of halogens is 2. The Kier molecular flexibility index (Phi) is 5.63. The fraction of sp³-hybridized carbons (Fsp3) is 0.100. The van der Waals surface area contributed by atoms with Gasteiger partial charge in [-0.15, -0.1) is 0 Å². The first-order chi connectivity index (χ1) is 13.3. The first-order valence-corrected chi connectivity index (χ1v) is 9.12. The number of fused-ring (bicyclic) bond motifs is 1. The first kappa shape index (κ1) is 19.8. The Morgan fingerprint density at radius 3 is 2.61 bits per heavy atom. The highest BCUT2D eigenvalue weighted by Crippen LogP contribution is 2.35. The standard InChI is InChI=1S/C20H17Cl2N3O3/c1-2-28-20(27)18-14(17-15(22)7-11(21)8-16(17)25-18)9-13(19(24)26)10-4-3-5-12(23)6-10/h3-9,25H,2,23H2,1H3,(H2,24,26)/b13-9-. The van der Waals surface area contributed by atoms with Crippen molar-refractivity contribution in [3.8, 4) is 0 Å². The summed E-state index contributed by atoms with van der Waals surface area (Å²) in [6, 6.07) is 9.90. The number of carbonyl (C=O) groups excluding carboxylic acids is 2. The van der Waals surface area contributed by atoms with E-state index >= 15 is 0 Å². The van der Waals surface area contributed by atoms with Crippen LogP contribution in [0.25, 0.3) is 22.6 Å². The van der Waals surface area contributed by atoms with Crippen molar-refractivity contribution in [3.63, 3.8) is 0 Å². The lowest BCUT2D eigenvalue weighted by molar-refractivity contribution is -0.112. The van der Waals surface area contributed by atoms with E-state index in [0.29, 0.717) is 37.8 Å². The Balaban J connectivity index is 2.32. The van der Waals surface area contributed by atoms with E-state index < -0.39 is 11.9 Å². The maximum atomic E-state index is 12.5. The number of hydrogen-bond acceptors (Lipinski definition) is 4. The van der Waals surface area contributed by atoms with Crippen molar-refractivity contribution >= 4 is 63.3 Å². The molecule has 8 heteroatoms. The lowest BCUT2D eigenvalue weighted by Crippen LogP contribution is -2.13. The second kappa shape index (κ2) is 7.96. The normalized spacial score (nSPS) is 11.6. The number of nitrogens with one attached hydrogen (secondary N) is 1.